The van der Waals surface area contributed by atoms with Crippen molar-refractivity contribution in [2.45, 2.75) is 25.3 Å². The number of amides is 1. The first kappa shape index (κ1) is 17.1. The SMILES string of the molecule is Cl.NCC1CCCC1NC(=O)COc1ccccc1Cl. The molecule has 3 N–H and O–H groups in total. The van der Waals surface area contributed by atoms with E-state index in [9.17, 15) is 4.79 Å². The molecule has 0 spiro atoms. The van der Waals surface area contributed by atoms with Gasteiger partial charge in [-0.05, 0) is 37.4 Å². The Bertz CT molecular complexity index is 443. The highest BCUT2D eigenvalue weighted by molar-refractivity contribution is 6.32. The Morgan fingerprint density at radius 1 is 1.40 bits per heavy atom. The third-order valence-electron chi connectivity index (χ3n) is 3.50. The van der Waals surface area contributed by atoms with E-state index in [0.717, 1.165) is 19.3 Å². The molecular weight excluding hydrogens is 299 g/mol. The highest BCUT2D eigenvalue weighted by Crippen LogP contribution is 2.25. The fourth-order valence-electron chi connectivity index (χ4n) is 2.46. The molecule has 1 aromatic carbocycles. The van der Waals surface area contributed by atoms with Crippen molar-refractivity contribution in [1.82, 2.24) is 5.32 Å². The van der Waals surface area contributed by atoms with Gasteiger partial charge in [-0.25, -0.2) is 0 Å². The summed E-state index contributed by atoms with van der Waals surface area (Å²) in [5, 5.41) is 3.49. The molecule has 0 bridgehead atoms. The van der Waals surface area contributed by atoms with E-state index in [-0.39, 0.29) is 31.0 Å². The zero-order valence-electron chi connectivity index (χ0n) is 11.2. The minimum absolute atomic E-state index is 0. The number of nitrogens with one attached hydrogen (secondary N) is 1. The van der Waals surface area contributed by atoms with Crippen LogP contribution in [0.3, 0.4) is 0 Å². The maximum absolute atomic E-state index is 11.8. The molecule has 0 heterocycles. The molecule has 112 valence electrons. The van der Waals surface area contributed by atoms with Crippen molar-refractivity contribution >= 4 is 29.9 Å². The van der Waals surface area contributed by atoms with Crippen molar-refractivity contribution < 1.29 is 9.53 Å². The number of hydrogen-bond donors (Lipinski definition) is 2. The topological polar surface area (TPSA) is 64.3 Å². The predicted octanol–water partition coefficient (Wildman–Crippen LogP) is 2.38. The smallest absolute Gasteiger partial charge is 0.258 e. The molecule has 0 aromatic heterocycles. The van der Waals surface area contributed by atoms with Gasteiger partial charge in [-0.15, -0.1) is 12.4 Å². The monoisotopic (exact) mass is 318 g/mol. The molecule has 1 aromatic rings. The van der Waals surface area contributed by atoms with Crippen LogP contribution < -0.4 is 15.8 Å². The van der Waals surface area contributed by atoms with Gasteiger partial charge >= 0.3 is 0 Å². The van der Waals surface area contributed by atoms with E-state index in [1.54, 1.807) is 12.1 Å². The molecule has 2 rings (SSSR count). The van der Waals surface area contributed by atoms with Gasteiger partial charge in [-0.3, -0.25) is 4.79 Å². The largest absolute Gasteiger partial charge is 0.482 e. The van der Waals surface area contributed by atoms with Crippen LogP contribution in [-0.2, 0) is 4.79 Å². The Labute approximate surface area is 130 Å². The lowest BCUT2D eigenvalue weighted by atomic mass is 10.0. The van der Waals surface area contributed by atoms with Crippen LogP contribution in [0.2, 0.25) is 5.02 Å². The molecule has 2 atom stereocenters. The van der Waals surface area contributed by atoms with Crippen LogP contribution in [0.4, 0.5) is 0 Å². The number of nitrogens with two attached hydrogens (primary N) is 1. The molecule has 0 saturated heterocycles. The Morgan fingerprint density at radius 3 is 2.85 bits per heavy atom. The first-order chi connectivity index (χ1) is 9.20. The number of carbonyl (C=O) groups excluding carboxylic acids is 1. The first-order valence-electron chi connectivity index (χ1n) is 6.57. The maximum atomic E-state index is 11.8. The molecule has 20 heavy (non-hydrogen) atoms. The van der Waals surface area contributed by atoms with Gasteiger partial charge in [-0.2, -0.15) is 0 Å². The summed E-state index contributed by atoms with van der Waals surface area (Å²) < 4.78 is 5.40. The summed E-state index contributed by atoms with van der Waals surface area (Å²) in [7, 11) is 0. The third-order valence-corrected chi connectivity index (χ3v) is 3.82. The van der Waals surface area contributed by atoms with Gasteiger partial charge in [0.25, 0.3) is 5.91 Å². The number of carbonyl (C=O) groups is 1. The molecular formula is C14H20Cl2N2O2. The average molecular weight is 319 g/mol. The zero-order chi connectivity index (χ0) is 13.7. The van der Waals surface area contributed by atoms with Crippen LogP contribution in [0.5, 0.6) is 5.75 Å². The van der Waals surface area contributed by atoms with Crippen molar-refractivity contribution in [2.24, 2.45) is 11.7 Å². The second-order valence-corrected chi connectivity index (χ2v) is 5.23. The quantitative estimate of drug-likeness (QED) is 0.876. The normalized spacial score (nSPS) is 21.1. The average Bonchev–Trinajstić information content (AvgIpc) is 2.85. The molecule has 0 aliphatic heterocycles. The molecule has 1 fully saturated rings. The number of ether oxygens (including phenoxy) is 1. The van der Waals surface area contributed by atoms with Gasteiger partial charge < -0.3 is 15.8 Å². The van der Waals surface area contributed by atoms with Gasteiger partial charge in [0.1, 0.15) is 5.75 Å². The summed E-state index contributed by atoms with van der Waals surface area (Å²) in [5.41, 5.74) is 5.68. The van der Waals surface area contributed by atoms with Crippen LogP contribution in [0, 0.1) is 5.92 Å². The number of halogens is 2. The van der Waals surface area contributed by atoms with Gasteiger partial charge in [-0.1, -0.05) is 30.2 Å². The second-order valence-electron chi connectivity index (χ2n) is 4.82. The minimum atomic E-state index is -0.120. The van der Waals surface area contributed by atoms with E-state index in [4.69, 9.17) is 22.1 Å². The van der Waals surface area contributed by atoms with E-state index < -0.39 is 0 Å². The number of para-hydroxylation sites is 1. The van der Waals surface area contributed by atoms with E-state index in [1.165, 1.54) is 0 Å². The molecule has 1 saturated carbocycles. The lowest BCUT2D eigenvalue weighted by Gasteiger charge is -2.19. The summed E-state index contributed by atoms with van der Waals surface area (Å²) in [5.74, 6) is 0.802. The van der Waals surface area contributed by atoms with Crippen LogP contribution >= 0.6 is 24.0 Å². The highest BCUT2D eigenvalue weighted by Gasteiger charge is 2.27. The van der Waals surface area contributed by atoms with Crippen LogP contribution in [0.15, 0.2) is 24.3 Å². The summed E-state index contributed by atoms with van der Waals surface area (Å²) in [6, 6.07) is 7.30. The van der Waals surface area contributed by atoms with Crippen molar-refractivity contribution in [3.8, 4) is 5.75 Å². The summed E-state index contributed by atoms with van der Waals surface area (Å²) >= 11 is 5.95. The van der Waals surface area contributed by atoms with Crippen molar-refractivity contribution in [1.29, 1.82) is 0 Å². The molecule has 2 unspecified atom stereocenters. The number of rotatable bonds is 5. The van der Waals surface area contributed by atoms with E-state index in [2.05, 4.69) is 5.32 Å². The van der Waals surface area contributed by atoms with Crippen molar-refractivity contribution in [2.75, 3.05) is 13.2 Å². The van der Waals surface area contributed by atoms with Crippen molar-refractivity contribution in [3.05, 3.63) is 29.3 Å². The standard InChI is InChI=1S/C14H19ClN2O2.ClH/c15-11-5-1-2-7-13(11)19-9-14(18)17-12-6-3-4-10(12)8-16;/h1-2,5,7,10,12H,3-4,6,8-9,16H2,(H,17,18);1H. The van der Waals surface area contributed by atoms with Crippen molar-refractivity contribution in [3.63, 3.8) is 0 Å². The van der Waals surface area contributed by atoms with E-state index in [1.807, 2.05) is 12.1 Å². The predicted molar refractivity (Wildman–Crippen MR) is 82.5 cm³/mol. The molecule has 1 aliphatic carbocycles. The van der Waals surface area contributed by atoms with Crippen LogP contribution in [-0.4, -0.2) is 25.1 Å². The first-order valence-corrected chi connectivity index (χ1v) is 6.95. The molecule has 1 aliphatic rings. The molecule has 0 radical (unpaired) electrons. The number of benzene rings is 1. The fourth-order valence-corrected chi connectivity index (χ4v) is 2.65. The lowest BCUT2D eigenvalue weighted by molar-refractivity contribution is -0.124. The maximum Gasteiger partial charge on any atom is 0.258 e. The molecule has 1 amide bonds. The van der Waals surface area contributed by atoms with Crippen LogP contribution in [0.1, 0.15) is 19.3 Å². The highest BCUT2D eigenvalue weighted by atomic mass is 35.5. The van der Waals surface area contributed by atoms with Gasteiger partial charge in [0, 0.05) is 6.04 Å². The summed E-state index contributed by atoms with van der Waals surface area (Å²) in [6.07, 6.45) is 3.21. The summed E-state index contributed by atoms with van der Waals surface area (Å²) in [6.45, 7) is 0.605. The summed E-state index contributed by atoms with van der Waals surface area (Å²) in [4.78, 5) is 11.8. The second kappa shape index (κ2) is 8.35. The molecule has 4 nitrogen and oxygen atoms in total. The van der Waals surface area contributed by atoms with Crippen LogP contribution in [0.25, 0.3) is 0 Å². The Hall–Kier alpha value is -0.970. The number of hydrogen-bond acceptors (Lipinski definition) is 3. The minimum Gasteiger partial charge on any atom is -0.482 e. The lowest BCUT2D eigenvalue weighted by Crippen LogP contribution is -2.42. The van der Waals surface area contributed by atoms with E-state index in [0.29, 0.717) is 23.2 Å². The van der Waals surface area contributed by atoms with E-state index >= 15 is 0 Å². The third kappa shape index (κ3) is 4.54. The van der Waals surface area contributed by atoms with Gasteiger partial charge in [0.05, 0.1) is 5.02 Å². The van der Waals surface area contributed by atoms with Gasteiger partial charge in [0.2, 0.25) is 0 Å². The molecule has 6 heteroatoms. The van der Waals surface area contributed by atoms with Gasteiger partial charge in [0.15, 0.2) is 6.61 Å². The fraction of sp³-hybridized carbons (Fsp3) is 0.500. The Balaban J connectivity index is 0.00000200. The Morgan fingerprint density at radius 2 is 2.15 bits per heavy atom. The Kier molecular flexibility index (Phi) is 7.13. The zero-order valence-corrected chi connectivity index (χ0v) is 12.8.